The Morgan fingerprint density at radius 2 is 1.36 bits per heavy atom. The van der Waals surface area contributed by atoms with E-state index in [2.05, 4.69) is 5.32 Å². The Balaban J connectivity index is 1.75. The molecule has 0 aliphatic heterocycles. The molecule has 144 valence electrons. The minimum absolute atomic E-state index is 0.0538. The van der Waals surface area contributed by atoms with E-state index >= 15 is 0 Å². The average Bonchev–Trinajstić information content (AvgIpc) is 2.71. The third kappa shape index (κ3) is 5.05. The maximum absolute atomic E-state index is 13.4. The van der Waals surface area contributed by atoms with Crippen LogP contribution < -0.4 is 5.32 Å². The van der Waals surface area contributed by atoms with Crippen molar-refractivity contribution in [3.05, 3.63) is 107 Å². The van der Waals surface area contributed by atoms with Gasteiger partial charge in [-0.25, -0.2) is 4.39 Å². The van der Waals surface area contributed by atoms with E-state index in [4.69, 9.17) is 0 Å². The Labute approximate surface area is 165 Å². The Hall–Kier alpha value is -2.98. The summed E-state index contributed by atoms with van der Waals surface area (Å²) in [7, 11) is 1.91. The fourth-order valence-corrected chi connectivity index (χ4v) is 3.41. The van der Waals surface area contributed by atoms with Crippen LogP contribution in [0, 0.1) is 5.82 Å². The Morgan fingerprint density at radius 3 is 1.93 bits per heavy atom. The van der Waals surface area contributed by atoms with Crippen LogP contribution in [0.4, 0.5) is 4.39 Å². The van der Waals surface area contributed by atoms with E-state index in [1.165, 1.54) is 12.1 Å². The second kappa shape index (κ2) is 9.29. The fourth-order valence-electron chi connectivity index (χ4n) is 3.41. The normalized spacial score (nSPS) is 13.1. The van der Waals surface area contributed by atoms with Gasteiger partial charge in [0.05, 0.1) is 18.6 Å². The van der Waals surface area contributed by atoms with Gasteiger partial charge in [-0.2, -0.15) is 0 Å². The standard InChI is InChI=1S/C24H25FN2O/c1-18(19-9-5-3-6-10-19)26-23(28)17-27(2)24(20-11-7-4-8-12-20)21-13-15-22(25)16-14-21/h3-16,18,24H,17H2,1-2H3,(H,26,28). The van der Waals surface area contributed by atoms with Gasteiger partial charge in [0, 0.05) is 0 Å². The second-order valence-electron chi connectivity index (χ2n) is 6.98. The number of nitrogens with one attached hydrogen (secondary N) is 1. The zero-order valence-electron chi connectivity index (χ0n) is 16.2. The summed E-state index contributed by atoms with van der Waals surface area (Å²) in [5.74, 6) is -0.325. The first kappa shape index (κ1) is 19.8. The van der Waals surface area contributed by atoms with Gasteiger partial charge >= 0.3 is 0 Å². The smallest absolute Gasteiger partial charge is 0.234 e. The van der Waals surface area contributed by atoms with Crippen molar-refractivity contribution in [1.82, 2.24) is 10.2 Å². The lowest BCUT2D eigenvalue weighted by atomic mass is 9.97. The van der Waals surface area contributed by atoms with Crippen molar-refractivity contribution in [1.29, 1.82) is 0 Å². The lowest BCUT2D eigenvalue weighted by molar-refractivity contribution is -0.122. The van der Waals surface area contributed by atoms with Crippen LogP contribution in [0.1, 0.15) is 35.7 Å². The van der Waals surface area contributed by atoms with Crippen LogP contribution in [-0.2, 0) is 4.79 Å². The van der Waals surface area contributed by atoms with Crippen molar-refractivity contribution in [2.24, 2.45) is 0 Å². The number of benzene rings is 3. The number of carbonyl (C=O) groups excluding carboxylic acids is 1. The largest absolute Gasteiger partial charge is 0.348 e. The molecule has 3 rings (SSSR count). The zero-order chi connectivity index (χ0) is 19.9. The first-order valence-corrected chi connectivity index (χ1v) is 9.39. The molecule has 0 aliphatic carbocycles. The number of nitrogens with zero attached hydrogens (tertiary/aromatic N) is 1. The van der Waals surface area contributed by atoms with Crippen molar-refractivity contribution >= 4 is 5.91 Å². The second-order valence-corrected chi connectivity index (χ2v) is 6.98. The van der Waals surface area contributed by atoms with E-state index < -0.39 is 0 Å². The van der Waals surface area contributed by atoms with Crippen LogP contribution in [0.5, 0.6) is 0 Å². The number of likely N-dealkylation sites (N-methyl/N-ethyl adjacent to an activating group) is 1. The minimum atomic E-state index is -0.271. The molecule has 3 aromatic carbocycles. The lowest BCUT2D eigenvalue weighted by Crippen LogP contribution is -2.38. The summed E-state index contributed by atoms with van der Waals surface area (Å²) in [6, 6.07) is 26.1. The Bertz CT molecular complexity index is 881. The molecule has 2 atom stereocenters. The van der Waals surface area contributed by atoms with Crippen LogP contribution in [0.25, 0.3) is 0 Å². The number of hydrogen-bond donors (Lipinski definition) is 1. The monoisotopic (exact) mass is 376 g/mol. The third-order valence-electron chi connectivity index (χ3n) is 4.81. The molecule has 28 heavy (non-hydrogen) atoms. The van der Waals surface area contributed by atoms with E-state index in [1.54, 1.807) is 12.1 Å². The fraction of sp³-hybridized carbons (Fsp3) is 0.208. The van der Waals surface area contributed by atoms with Crippen LogP contribution in [0.3, 0.4) is 0 Å². The molecule has 1 amide bonds. The summed E-state index contributed by atoms with van der Waals surface area (Å²) in [5, 5.41) is 3.05. The van der Waals surface area contributed by atoms with E-state index in [9.17, 15) is 9.18 Å². The maximum atomic E-state index is 13.4. The highest BCUT2D eigenvalue weighted by atomic mass is 19.1. The van der Waals surface area contributed by atoms with E-state index in [1.807, 2.05) is 79.5 Å². The first-order valence-electron chi connectivity index (χ1n) is 9.39. The molecule has 0 aliphatic rings. The van der Waals surface area contributed by atoms with Gasteiger partial charge in [0.1, 0.15) is 5.82 Å². The van der Waals surface area contributed by atoms with Crippen molar-refractivity contribution in [3.8, 4) is 0 Å². The van der Waals surface area contributed by atoms with Crippen LogP contribution in [-0.4, -0.2) is 24.4 Å². The van der Waals surface area contributed by atoms with Gasteiger partial charge in [-0.15, -0.1) is 0 Å². The predicted octanol–water partition coefficient (Wildman–Crippen LogP) is 4.72. The molecule has 0 aromatic heterocycles. The summed E-state index contributed by atoms with van der Waals surface area (Å²) >= 11 is 0. The topological polar surface area (TPSA) is 32.3 Å². The highest BCUT2D eigenvalue weighted by Crippen LogP contribution is 2.27. The predicted molar refractivity (Wildman–Crippen MR) is 110 cm³/mol. The number of amides is 1. The van der Waals surface area contributed by atoms with E-state index in [-0.39, 0.29) is 30.4 Å². The first-order chi connectivity index (χ1) is 13.5. The third-order valence-corrected chi connectivity index (χ3v) is 4.81. The molecule has 0 fully saturated rings. The molecule has 3 nitrogen and oxygen atoms in total. The molecule has 0 radical (unpaired) electrons. The molecule has 0 spiro atoms. The molecule has 3 aromatic rings. The van der Waals surface area contributed by atoms with Crippen molar-refractivity contribution < 1.29 is 9.18 Å². The summed E-state index contributed by atoms with van der Waals surface area (Å²) in [6.07, 6.45) is 0. The van der Waals surface area contributed by atoms with Gasteiger partial charge in [-0.1, -0.05) is 72.8 Å². The highest BCUT2D eigenvalue weighted by Gasteiger charge is 2.22. The van der Waals surface area contributed by atoms with Gasteiger partial charge in [-0.3, -0.25) is 9.69 Å². The summed E-state index contributed by atoms with van der Waals surface area (Å²) in [6.45, 7) is 2.20. The molecule has 0 bridgehead atoms. The quantitative estimate of drug-likeness (QED) is 0.647. The molecule has 0 saturated heterocycles. The maximum Gasteiger partial charge on any atom is 0.234 e. The lowest BCUT2D eigenvalue weighted by Gasteiger charge is -2.29. The van der Waals surface area contributed by atoms with Gasteiger partial charge in [0.25, 0.3) is 0 Å². The average molecular weight is 376 g/mol. The number of rotatable bonds is 7. The molecule has 0 saturated carbocycles. The summed E-state index contributed by atoms with van der Waals surface area (Å²) < 4.78 is 13.4. The highest BCUT2D eigenvalue weighted by molar-refractivity contribution is 5.78. The van der Waals surface area contributed by atoms with Crippen LogP contribution in [0.15, 0.2) is 84.9 Å². The van der Waals surface area contributed by atoms with E-state index in [0.717, 1.165) is 16.7 Å². The molecule has 1 N–H and O–H groups in total. The minimum Gasteiger partial charge on any atom is -0.348 e. The number of hydrogen-bond acceptors (Lipinski definition) is 2. The molecule has 0 heterocycles. The van der Waals surface area contributed by atoms with Crippen molar-refractivity contribution in [2.75, 3.05) is 13.6 Å². The van der Waals surface area contributed by atoms with Gasteiger partial charge < -0.3 is 5.32 Å². The molecule has 2 unspecified atom stereocenters. The number of carbonyl (C=O) groups is 1. The van der Waals surface area contributed by atoms with Gasteiger partial charge in [0.2, 0.25) is 5.91 Å². The van der Waals surface area contributed by atoms with Gasteiger partial charge in [0.15, 0.2) is 0 Å². The van der Waals surface area contributed by atoms with Gasteiger partial charge in [-0.05, 0) is 42.8 Å². The molecular weight excluding hydrogens is 351 g/mol. The zero-order valence-corrected chi connectivity index (χ0v) is 16.2. The summed E-state index contributed by atoms with van der Waals surface area (Å²) in [5.41, 5.74) is 3.07. The summed E-state index contributed by atoms with van der Waals surface area (Å²) in [4.78, 5) is 14.6. The van der Waals surface area contributed by atoms with Crippen molar-refractivity contribution in [3.63, 3.8) is 0 Å². The van der Waals surface area contributed by atoms with E-state index in [0.29, 0.717) is 0 Å². The molecule has 4 heteroatoms. The molecular formula is C24H25FN2O. The van der Waals surface area contributed by atoms with Crippen molar-refractivity contribution in [2.45, 2.75) is 19.0 Å². The Kier molecular flexibility index (Phi) is 6.56. The Morgan fingerprint density at radius 1 is 0.857 bits per heavy atom. The number of halogens is 1. The van der Waals surface area contributed by atoms with Crippen LogP contribution >= 0.6 is 0 Å². The van der Waals surface area contributed by atoms with Crippen LogP contribution in [0.2, 0.25) is 0 Å². The SMILES string of the molecule is CC(NC(=O)CN(C)C(c1ccccc1)c1ccc(F)cc1)c1ccccc1.